The number of nitrogens with zero attached hydrogens (tertiary/aromatic N) is 1. The van der Waals surface area contributed by atoms with Gasteiger partial charge in [0.05, 0.1) is 12.5 Å². The third kappa shape index (κ3) is 2.93. The van der Waals surface area contributed by atoms with Gasteiger partial charge in [0.15, 0.2) is 0 Å². The lowest BCUT2D eigenvalue weighted by atomic mass is 9.93. The van der Waals surface area contributed by atoms with Gasteiger partial charge in [0.25, 0.3) is 0 Å². The van der Waals surface area contributed by atoms with Crippen LogP contribution in [0.15, 0.2) is 24.3 Å². The SMILES string of the molecule is O=C(O)[C@H]1Cc2ccccc2CN1C(=O)CC1CCCO1. The van der Waals surface area contributed by atoms with E-state index in [1.165, 1.54) is 4.90 Å². The van der Waals surface area contributed by atoms with Gasteiger partial charge >= 0.3 is 5.97 Å². The van der Waals surface area contributed by atoms with E-state index in [0.717, 1.165) is 24.0 Å². The molecule has 1 N–H and O–H groups in total. The van der Waals surface area contributed by atoms with E-state index in [1.807, 2.05) is 24.3 Å². The highest BCUT2D eigenvalue weighted by Crippen LogP contribution is 2.25. The maximum absolute atomic E-state index is 12.5. The van der Waals surface area contributed by atoms with Crippen LogP contribution in [0.25, 0.3) is 0 Å². The molecule has 1 amide bonds. The lowest BCUT2D eigenvalue weighted by Gasteiger charge is -2.35. The fraction of sp³-hybridized carbons (Fsp3) is 0.500. The maximum Gasteiger partial charge on any atom is 0.326 e. The van der Waals surface area contributed by atoms with Crippen molar-refractivity contribution in [3.63, 3.8) is 0 Å². The molecule has 0 aromatic heterocycles. The lowest BCUT2D eigenvalue weighted by molar-refractivity contribution is -0.152. The van der Waals surface area contributed by atoms with Gasteiger partial charge < -0.3 is 14.7 Å². The van der Waals surface area contributed by atoms with Gasteiger partial charge in [0.2, 0.25) is 5.91 Å². The first-order valence-electron chi connectivity index (χ1n) is 7.36. The van der Waals surface area contributed by atoms with Crippen LogP contribution in [0.5, 0.6) is 0 Å². The minimum atomic E-state index is -0.940. The van der Waals surface area contributed by atoms with Crippen molar-refractivity contribution in [2.75, 3.05) is 6.61 Å². The Kier molecular flexibility index (Phi) is 3.92. The summed E-state index contributed by atoms with van der Waals surface area (Å²) in [6.07, 6.45) is 2.47. The molecule has 5 heteroatoms. The molecule has 0 bridgehead atoms. The summed E-state index contributed by atoms with van der Waals surface area (Å²) in [7, 11) is 0. The molecule has 112 valence electrons. The van der Waals surface area contributed by atoms with Gasteiger partial charge in [-0.05, 0) is 24.0 Å². The maximum atomic E-state index is 12.5. The Morgan fingerprint density at radius 2 is 2.05 bits per heavy atom. The third-order valence-electron chi connectivity index (χ3n) is 4.28. The second-order valence-corrected chi connectivity index (χ2v) is 5.69. The molecular weight excluding hydrogens is 270 g/mol. The Hall–Kier alpha value is -1.88. The number of amides is 1. The number of carbonyl (C=O) groups is 2. The number of carboxylic acids is 1. The molecule has 1 saturated heterocycles. The molecule has 0 aliphatic carbocycles. The van der Waals surface area contributed by atoms with Gasteiger partial charge in [-0.1, -0.05) is 24.3 Å². The second kappa shape index (κ2) is 5.85. The molecule has 2 aliphatic rings. The first-order valence-corrected chi connectivity index (χ1v) is 7.36. The van der Waals surface area contributed by atoms with Crippen LogP contribution in [0.2, 0.25) is 0 Å². The summed E-state index contributed by atoms with van der Waals surface area (Å²) in [5.41, 5.74) is 2.06. The van der Waals surface area contributed by atoms with Crippen molar-refractivity contribution in [2.24, 2.45) is 0 Å². The van der Waals surface area contributed by atoms with E-state index in [0.29, 0.717) is 19.6 Å². The average molecular weight is 289 g/mol. The number of ether oxygens (including phenoxy) is 1. The molecule has 5 nitrogen and oxygen atoms in total. The molecular formula is C16H19NO4. The molecule has 1 aromatic carbocycles. The second-order valence-electron chi connectivity index (χ2n) is 5.69. The normalized spacial score (nSPS) is 24.7. The Morgan fingerprint density at radius 3 is 2.71 bits per heavy atom. The Morgan fingerprint density at radius 1 is 1.29 bits per heavy atom. The molecule has 1 fully saturated rings. The van der Waals surface area contributed by atoms with Gasteiger partial charge in [-0.15, -0.1) is 0 Å². The quantitative estimate of drug-likeness (QED) is 0.917. The Balaban J connectivity index is 1.78. The van der Waals surface area contributed by atoms with Crippen molar-refractivity contribution in [3.05, 3.63) is 35.4 Å². The van der Waals surface area contributed by atoms with E-state index in [1.54, 1.807) is 0 Å². The third-order valence-corrected chi connectivity index (χ3v) is 4.28. The number of benzene rings is 1. The monoisotopic (exact) mass is 289 g/mol. The summed E-state index contributed by atoms with van der Waals surface area (Å²) in [5, 5.41) is 9.42. The minimum absolute atomic E-state index is 0.0517. The molecule has 21 heavy (non-hydrogen) atoms. The first-order chi connectivity index (χ1) is 10.1. The van der Waals surface area contributed by atoms with Crippen LogP contribution in [0.4, 0.5) is 0 Å². The number of fused-ring (bicyclic) bond motifs is 1. The highest BCUT2D eigenvalue weighted by Gasteiger charge is 2.35. The Bertz CT molecular complexity index is 551. The van der Waals surface area contributed by atoms with Crippen molar-refractivity contribution in [2.45, 2.75) is 44.4 Å². The molecule has 1 unspecified atom stereocenters. The van der Waals surface area contributed by atoms with Crippen LogP contribution in [-0.2, 0) is 27.3 Å². The smallest absolute Gasteiger partial charge is 0.326 e. The zero-order chi connectivity index (χ0) is 14.8. The van der Waals surface area contributed by atoms with Gasteiger partial charge in [-0.3, -0.25) is 4.79 Å². The van der Waals surface area contributed by atoms with E-state index in [4.69, 9.17) is 4.74 Å². The molecule has 3 rings (SSSR count). The molecule has 2 atom stereocenters. The van der Waals surface area contributed by atoms with E-state index in [2.05, 4.69) is 0 Å². The zero-order valence-corrected chi connectivity index (χ0v) is 11.8. The highest BCUT2D eigenvalue weighted by molar-refractivity contribution is 5.84. The van der Waals surface area contributed by atoms with Crippen molar-refractivity contribution in [1.29, 1.82) is 0 Å². The first kappa shape index (κ1) is 14.1. The number of rotatable bonds is 3. The van der Waals surface area contributed by atoms with Crippen molar-refractivity contribution >= 4 is 11.9 Å². The van der Waals surface area contributed by atoms with Crippen LogP contribution in [0.1, 0.15) is 30.4 Å². The van der Waals surface area contributed by atoms with Gasteiger partial charge in [-0.2, -0.15) is 0 Å². The predicted molar refractivity (Wildman–Crippen MR) is 75.7 cm³/mol. The minimum Gasteiger partial charge on any atom is -0.480 e. The molecule has 0 radical (unpaired) electrons. The van der Waals surface area contributed by atoms with E-state index >= 15 is 0 Å². The van der Waals surface area contributed by atoms with Crippen LogP contribution < -0.4 is 0 Å². The van der Waals surface area contributed by atoms with E-state index < -0.39 is 12.0 Å². The standard InChI is InChI=1S/C16H19NO4/c18-15(9-13-6-3-7-21-13)17-10-12-5-2-1-4-11(12)8-14(17)16(19)20/h1-2,4-5,13-14H,3,6-10H2,(H,19,20)/t13?,14-/m1/s1. The number of aliphatic carboxylic acids is 1. The molecule has 0 saturated carbocycles. The largest absolute Gasteiger partial charge is 0.480 e. The number of hydrogen-bond donors (Lipinski definition) is 1. The fourth-order valence-corrected chi connectivity index (χ4v) is 3.12. The summed E-state index contributed by atoms with van der Waals surface area (Å²) in [5.74, 6) is -1.06. The Labute approximate surface area is 123 Å². The molecule has 1 aromatic rings. The van der Waals surface area contributed by atoms with Crippen molar-refractivity contribution < 1.29 is 19.4 Å². The molecule has 2 aliphatic heterocycles. The number of hydrogen-bond acceptors (Lipinski definition) is 3. The summed E-state index contributed by atoms with van der Waals surface area (Å²) < 4.78 is 5.48. The lowest BCUT2D eigenvalue weighted by Crippen LogP contribution is -2.49. The van der Waals surface area contributed by atoms with Crippen LogP contribution in [-0.4, -0.2) is 40.6 Å². The van der Waals surface area contributed by atoms with E-state index in [9.17, 15) is 14.7 Å². The van der Waals surface area contributed by atoms with Crippen LogP contribution in [0, 0.1) is 0 Å². The summed E-state index contributed by atoms with van der Waals surface area (Å²) in [6, 6.07) is 6.95. The van der Waals surface area contributed by atoms with Gasteiger partial charge in [0.1, 0.15) is 6.04 Å². The average Bonchev–Trinajstić information content (AvgIpc) is 2.98. The fourth-order valence-electron chi connectivity index (χ4n) is 3.12. The number of carboxylic acid groups (broad SMARTS) is 1. The highest BCUT2D eigenvalue weighted by atomic mass is 16.5. The van der Waals surface area contributed by atoms with Gasteiger partial charge in [-0.25, -0.2) is 4.79 Å². The van der Waals surface area contributed by atoms with E-state index in [-0.39, 0.29) is 18.4 Å². The predicted octanol–water partition coefficient (Wildman–Crippen LogP) is 1.59. The van der Waals surface area contributed by atoms with Crippen LogP contribution in [0.3, 0.4) is 0 Å². The van der Waals surface area contributed by atoms with Crippen molar-refractivity contribution in [1.82, 2.24) is 4.90 Å². The zero-order valence-electron chi connectivity index (χ0n) is 11.8. The molecule has 0 spiro atoms. The molecule has 2 heterocycles. The topological polar surface area (TPSA) is 66.8 Å². The summed E-state index contributed by atoms with van der Waals surface area (Å²) in [6.45, 7) is 1.07. The van der Waals surface area contributed by atoms with Crippen LogP contribution >= 0.6 is 0 Å². The summed E-state index contributed by atoms with van der Waals surface area (Å²) in [4.78, 5) is 25.4. The summed E-state index contributed by atoms with van der Waals surface area (Å²) >= 11 is 0. The van der Waals surface area contributed by atoms with Crippen molar-refractivity contribution in [3.8, 4) is 0 Å². The van der Waals surface area contributed by atoms with Gasteiger partial charge in [0, 0.05) is 19.6 Å². The number of carbonyl (C=O) groups excluding carboxylic acids is 1.